The molecule has 0 spiro atoms. The predicted molar refractivity (Wildman–Crippen MR) is 30.8 cm³/mol. The molecule has 0 unspecified atom stereocenters. The van der Waals surface area contributed by atoms with Crippen molar-refractivity contribution in [2.75, 3.05) is 0 Å². The maximum atomic E-state index is 10.0. The molecule has 0 radical (unpaired) electrons. The second-order valence-corrected chi connectivity index (χ2v) is 1.73. The highest BCUT2D eigenvalue weighted by molar-refractivity contribution is 5.74. The molecule has 0 saturated carbocycles. The number of carbonyl (C=O) groups is 1. The maximum Gasteiger partial charge on any atom is 0.151 e. The smallest absolute Gasteiger partial charge is 0.151 e. The van der Waals surface area contributed by atoms with Crippen LogP contribution in [0.2, 0.25) is 0 Å². The van der Waals surface area contributed by atoms with Crippen LogP contribution in [0.5, 0.6) is 0 Å². The van der Waals surface area contributed by atoms with Gasteiger partial charge in [-0.2, -0.15) is 0 Å². The first-order valence-corrected chi connectivity index (χ1v) is 2.40. The van der Waals surface area contributed by atoms with E-state index in [1.807, 2.05) is 17.8 Å². The topological polar surface area (TPSA) is 22.0 Å². The van der Waals surface area contributed by atoms with Crippen molar-refractivity contribution in [3.63, 3.8) is 0 Å². The Hall–Kier alpha value is -1.05. The first-order valence-electron chi connectivity index (χ1n) is 2.40. The average molecular weight is 109 g/mol. The van der Waals surface area contributed by atoms with E-state index in [1.165, 1.54) is 0 Å². The average Bonchev–Trinajstić information content (AvgIpc) is 2.14. The van der Waals surface area contributed by atoms with Crippen molar-refractivity contribution in [3.05, 3.63) is 24.0 Å². The first kappa shape index (κ1) is 5.09. The van der Waals surface area contributed by atoms with Gasteiger partial charge in [0.1, 0.15) is 0 Å². The van der Waals surface area contributed by atoms with Gasteiger partial charge in [0.2, 0.25) is 0 Å². The SMILES string of the molecule is Cn1ccc(C=O)c1. The lowest BCUT2D eigenvalue weighted by Crippen LogP contribution is -1.78. The Morgan fingerprint density at radius 1 is 1.75 bits per heavy atom. The number of aldehydes is 1. The zero-order valence-corrected chi connectivity index (χ0v) is 4.66. The third-order valence-corrected chi connectivity index (χ3v) is 0.991. The Morgan fingerprint density at radius 3 is 2.75 bits per heavy atom. The molecule has 1 aromatic heterocycles. The van der Waals surface area contributed by atoms with Crippen LogP contribution in [-0.4, -0.2) is 10.9 Å². The molecule has 0 N–H and O–H groups in total. The Labute approximate surface area is 47.7 Å². The molecule has 2 nitrogen and oxygen atoms in total. The van der Waals surface area contributed by atoms with Gasteiger partial charge in [0, 0.05) is 25.0 Å². The molecule has 0 aliphatic rings. The Kier molecular flexibility index (Phi) is 1.16. The number of rotatable bonds is 1. The van der Waals surface area contributed by atoms with E-state index in [0.29, 0.717) is 0 Å². The highest BCUT2D eigenvalue weighted by Gasteiger charge is 1.86. The van der Waals surface area contributed by atoms with Gasteiger partial charge in [0.15, 0.2) is 6.29 Å². The second-order valence-electron chi connectivity index (χ2n) is 1.73. The number of aromatic nitrogens is 1. The number of aryl methyl sites for hydroxylation is 1. The van der Waals surface area contributed by atoms with Crippen LogP contribution in [0.1, 0.15) is 10.4 Å². The zero-order valence-electron chi connectivity index (χ0n) is 4.66. The molecule has 0 amide bonds. The third kappa shape index (κ3) is 0.780. The summed E-state index contributed by atoms with van der Waals surface area (Å²) in [4.78, 5) is 10.0. The van der Waals surface area contributed by atoms with Gasteiger partial charge < -0.3 is 4.57 Å². The molecule has 0 saturated heterocycles. The van der Waals surface area contributed by atoms with E-state index >= 15 is 0 Å². The lowest BCUT2D eigenvalue weighted by molar-refractivity contribution is 0.112. The summed E-state index contributed by atoms with van der Waals surface area (Å²) in [5, 5.41) is 0. The highest BCUT2D eigenvalue weighted by atomic mass is 16.1. The predicted octanol–water partition coefficient (Wildman–Crippen LogP) is 0.838. The van der Waals surface area contributed by atoms with Crippen LogP contribution in [0.4, 0.5) is 0 Å². The fraction of sp³-hybridized carbons (Fsp3) is 0.167. The highest BCUT2D eigenvalue weighted by Crippen LogP contribution is 1.92. The van der Waals surface area contributed by atoms with Crippen molar-refractivity contribution < 1.29 is 4.79 Å². The van der Waals surface area contributed by atoms with E-state index in [1.54, 1.807) is 12.3 Å². The zero-order chi connectivity index (χ0) is 5.98. The number of nitrogens with zero attached hydrogens (tertiary/aromatic N) is 1. The lowest BCUT2D eigenvalue weighted by Gasteiger charge is -1.80. The van der Waals surface area contributed by atoms with Crippen LogP contribution in [0.25, 0.3) is 0 Å². The van der Waals surface area contributed by atoms with E-state index in [9.17, 15) is 4.79 Å². The van der Waals surface area contributed by atoms with Gasteiger partial charge in [0.05, 0.1) is 0 Å². The van der Waals surface area contributed by atoms with Crippen LogP contribution in [0.3, 0.4) is 0 Å². The number of hydrogen-bond donors (Lipinski definition) is 0. The summed E-state index contributed by atoms with van der Waals surface area (Å²) >= 11 is 0. The molecule has 1 aromatic rings. The minimum absolute atomic E-state index is 0.729. The van der Waals surface area contributed by atoms with Gasteiger partial charge in [-0.15, -0.1) is 0 Å². The summed E-state index contributed by atoms with van der Waals surface area (Å²) in [6.07, 6.45) is 4.44. The second kappa shape index (κ2) is 1.82. The van der Waals surface area contributed by atoms with Crippen LogP contribution >= 0.6 is 0 Å². The quantitative estimate of drug-likeness (QED) is 0.490. The minimum Gasteiger partial charge on any atom is -0.357 e. The maximum absolute atomic E-state index is 10.0. The summed E-state index contributed by atoms with van der Waals surface area (Å²) in [6.45, 7) is 0. The normalized spacial score (nSPS) is 9.12. The summed E-state index contributed by atoms with van der Waals surface area (Å²) in [5.41, 5.74) is 0.729. The molecule has 0 aromatic carbocycles. The number of carbonyl (C=O) groups excluding carboxylic acids is 1. The van der Waals surface area contributed by atoms with Gasteiger partial charge in [-0.1, -0.05) is 0 Å². The van der Waals surface area contributed by atoms with Crippen molar-refractivity contribution in [2.24, 2.45) is 7.05 Å². The van der Waals surface area contributed by atoms with Crippen LogP contribution < -0.4 is 0 Å². The van der Waals surface area contributed by atoms with Crippen LogP contribution in [0.15, 0.2) is 18.5 Å². The lowest BCUT2D eigenvalue weighted by atomic mass is 10.4. The minimum atomic E-state index is 0.729. The Bertz CT molecular complexity index is 190. The van der Waals surface area contributed by atoms with Crippen LogP contribution in [-0.2, 0) is 7.05 Å². The molecule has 2 heteroatoms. The van der Waals surface area contributed by atoms with Gasteiger partial charge in [0.25, 0.3) is 0 Å². The molecule has 0 aliphatic heterocycles. The molecule has 1 rings (SSSR count). The summed E-state index contributed by atoms with van der Waals surface area (Å²) in [6, 6.07) is 1.77. The van der Waals surface area contributed by atoms with Gasteiger partial charge in [-0.3, -0.25) is 4.79 Å². The monoisotopic (exact) mass is 109 g/mol. The molecule has 8 heavy (non-hydrogen) atoms. The summed E-state index contributed by atoms with van der Waals surface area (Å²) in [5.74, 6) is 0. The third-order valence-electron chi connectivity index (χ3n) is 0.991. The van der Waals surface area contributed by atoms with E-state index in [-0.39, 0.29) is 0 Å². The fourth-order valence-corrected chi connectivity index (χ4v) is 0.595. The molecule has 1 heterocycles. The molecule has 0 fully saturated rings. The molecule has 0 bridgehead atoms. The molecule has 0 atom stereocenters. The fourth-order valence-electron chi connectivity index (χ4n) is 0.595. The van der Waals surface area contributed by atoms with E-state index in [0.717, 1.165) is 11.8 Å². The molecular formula is C6H7NO. The standard InChI is InChI=1S/C6H7NO/c1-7-3-2-6(4-7)5-8/h2-5H,1H3. The van der Waals surface area contributed by atoms with Crippen molar-refractivity contribution in [1.29, 1.82) is 0 Å². The van der Waals surface area contributed by atoms with Crippen molar-refractivity contribution >= 4 is 6.29 Å². The Morgan fingerprint density at radius 2 is 2.50 bits per heavy atom. The van der Waals surface area contributed by atoms with Gasteiger partial charge in [-0.05, 0) is 6.07 Å². The summed E-state index contributed by atoms with van der Waals surface area (Å²) < 4.78 is 1.84. The van der Waals surface area contributed by atoms with Gasteiger partial charge in [-0.25, -0.2) is 0 Å². The molecule has 42 valence electrons. The molecule has 0 aliphatic carbocycles. The van der Waals surface area contributed by atoms with Crippen molar-refractivity contribution in [2.45, 2.75) is 0 Å². The van der Waals surface area contributed by atoms with E-state index < -0.39 is 0 Å². The number of hydrogen-bond acceptors (Lipinski definition) is 1. The largest absolute Gasteiger partial charge is 0.357 e. The Balaban J connectivity index is 3.00. The first-order chi connectivity index (χ1) is 3.83. The molecular weight excluding hydrogens is 102 g/mol. The van der Waals surface area contributed by atoms with Crippen molar-refractivity contribution in [1.82, 2.24) is 4.57 Å². The summed E-state index contributed by atoms with van der Waals surface area (Å²) in [7, 11) is 1.88. The van der Waals surface area contributed by atoms with E-state index in [4.69, 9.17) is 0 Å². The van der Waals surface area contributed by atoms with Gasteiger partial charge >= 0.3 is 0 Å². The van der Waals surface area contributed by atoms with Crippen molar-refractivity contribution in [3.8, 4) is 0 Å². The van der Waals surface area contributed by atoms with E-state index in [2.05, 4.69) is 0 Å². The van der Waals surface area contributed by atoms with Crippen LogP contribution in [0, 0.1) is 0 Å².